The summed E-state index contributed by atoms with van der Waals surface area (Å²) >= 11 is 0. The molecule has 0 bridgehead atoms. The molecule has 1 aromatic rings. The summed E-state index contributed by atoms with van der Waals surface area (Å²) in [5.74, 6) is 3.08. The van der Waals surface area contributed by atoms with Gasteiger partial charge in [0.2, 0.25) is 0 Å². The van der Waals surface area contributed by atoms with Crippen molar-refractivity contribution in [3.05, 3.63) is 29.3 Å². The maximum Gasteiger partial charge on any atom is 0.182 e. The average Bonchev–Trinajstić information content (AvgIpc) is 2.11. The predicted molar refractivity (Wildman–Crippen MR) is 49.7 cm³/mol. The third-order valence-electron chi connectivity index (χ3n) is 1.80. The Labute approximate surface area is 81.0 Å². The zero-order valence-corrected chi connectivity index (χ0v) is 8.05. The van der Waals surface area contributed by atoms with Crippen molar-refractivity contribution in [1.29, 1.82) is 0 Å². The molecule has 0 radical (unpaired) electrons. The zero-order chi connectivity index (χ0) is 10.7. The highest BCUT2D eigenvalue weighted by Crippen LogP contribution is 2.22. The van der Waals surface area contributed by atoms with Gasteiger partial charge in [-0.1, -0.05) is 0 Å². The Balaban J connectivity index is 3.14. The van der Waals surface area contributed by atoms with Crippen LogP contribution in [0.4, 0.5) is 14.5 Å². The predicted octanol–water partition coefficient (Wildman–Crippen LogP) is 1.42. The van der Waals surface area contributed by atoms with Crippen molar-refractivity contribution in [1.82, 2.24) is 0 Å². The topological polar surface area (TPSA) is 38.5 Å². The molecule has 3 nitrogen and oxygen atoms in total. The SMILES string of the molecule is CN(C)c1cc(CON)cc(F)c1F. The Hall–Kier alpha value is -1.20. The maximum atomic E-state index is 13.2. The lowest BCUT2D eigenvalue weighted by Gasteiger charge is -2.15. The molecule has 14 heavy (non-hydrogen) atoms. The smallest absolute Gasteiger partial charge is 0.182 e. The molecule has 0 amide bonds. The fourth-order valence-corrected chi connectivity index (χ4v) is 1.13. The van der Waals surface area contributed by atoms with E-state index in [4.69, 9.17) is 5.90 Å². The molecule has 0 aliphatic heterocycles. The first-order chi connectivity index (χ1) is 6.56. The van der Waals surface area contributed by atoms with Gasteiger partial charge in [-0.3, -0.25) is 4.84 Å². The number of nitrogens with zero attached hydrogens (tertiary/aromatic N) is 1. The molecule has 1 rings (SSSR count). The third-order valence-corrected chi connectivity index (χ3v) is 1.80. The summed E-state index contributed by atoms with van der Waals surface area (Å²) in [5, 5.41) is 0. The minimum atomic E-state index is -0.900. The van der Waals surface area contributed by atoms with Gasteiger partial charge in [-0.2, -0.15) is 0 Å². The third kappa shape index (κ3) is 2.18. The molecular weight excluding hydrogens is 190 g/mol. The van der Waals surface area contributed by atoms with Crippen LogP contribution < -0.4 is 10.8 Å². The van der Waals surface area contributed by atoms with Crippen LogP contribution in [0.3, 0.4) is 0 Å². The van der Waals surface area contributed by atoms with E-state index >= 15 is 0 Å². The van der Waals surface area contributed by atoms with Crippen LogP contribution in [-0.2, 0) is 11.4 Å². The lowest BCUT2D eigenvalue weighted by Crippen LogP contribution is -2.12. The van der Waals surface area contributed by atoms with Crippen molar-refractivity contribution in [3.63, 3.8) is 0 Å². The van der Waals surface area contributed by atoms with Crippen molar-refractivity contribution in [2.75, 3.05) is 19.0 Å². The molecule has 0 saturated carbocycles. The van der Waals surface area contributed by atoms with Gasteiger partial charge in [0.05, 0.1) is 12.3 Å². The van der Waals surface area contributed by atoms with Gasteiger partial charge >= 0.3 is 0 Å². The second-order valence-corrected chi connectivity index (χ2v) is 3.12. The highest BCUT2D eigenvalue weighted by molar-refractivity contribution is 5.49. The number of anilines is 1. The largest absolute Gasteiger partial charge is 0.375 e. The van der Waals surface area contributed by atoms with Gasteiger partial charge in [0.25, 0.3) is 0 Å². The van der Waals surface area contributed by atoms with Crippen LogP contribution in [0.2, 0.25) is 0 Å². The van der Waals surface area contributed by atoms with E-state index in [1.165, 1.54) is 11.0 Å². The van der Waals surface area contributed by atoms with Crippen LogP contribution in [0.5, 0.6) is 0 Å². The minimum Gasteiger partial charge on any atom is -0.375 e. The molecule has 0 spiro atoms. The normalized spacial score (nSPS) is 10.4. The van der Waals surface area contributed by atoms with E-state index in [-0.39, 0.29) is 12.3 Å². The zero-order valence-electron chi connectivity index (χ0n) is 8.05. The summed E-state index contributed by atoms with van der Waals surface area (Å²) in [7, 11) is 3.26. The Kier molecular flexibility index (Phi) is 3.38. The second-order valence-electron chi connectivity index (χ2n) is 3.12. The molecule has 0 fully saturated rings. The highest BCUT2D eigenvalue weighted by Gasteiger charge is 2.11. The Bertz CT molecular complexity index is 329. The lowest BCUT2D eigenvalue weighted by atomic mass is 10.2. The van der Waals surface area contributed by atoms with E-state index < -0.39 is 11.6 Å². The van der Waals surface area contributed by atoms with Crippen LogP contribution in [-0.4, -0.2) is 14.1 Å². The van der Waals surface area contributed by atoms with Crippen LogP contribution in [0.15, 0.2) is 12.1 Å². The standard InChI is InChI=1S/C9H12F2N2O/c1-13(2)8-4-6(5-14-12)3-7(10)9(8)11/h3-4H,5,12H2,1-2H3. The van der Waals surface area contributed by atoms with Crippen LogP contribution >= 0.6 is 0 Å². The number of halogens is 2. The molecule has 0 aliphatic carbocycles. The van der Waals surface area contributed by atoms with Crippen molar-refractivity contribution in [3.8, 4) is 0 Å². The molecule has 1 aromatic carbocycles. The van der Waals surface area contributed by atoms with Crippen LogP contribution in [0.25, 0.3) is 0 Å². The van der Waals surface area contributed by atoms with E-state index in [1.807, 2.05) is 0 Å². The number of hydrogen-bond acceptors (Lipinski definition) is 3. The Morgan fingerprint density at radius 1 is 1.36 bits per heavy atom. The summed E-state index contributed by atoms with van der Waals surface area (Å²) in [6.45, 7) is 0.0536. The van der Waals surface area contributed by atoms with Crippen molar-refractivity contribution in [2.24, 2.45) is 5.90 Å². The molecule has 0 heterocycles. The second kappa shape index (κ2) is 4.34. The fourth-order valence-electron chi connectivity index (χ4n) is 1.13. The molecular formula is C9H12F2N2O. The van der Waals surface area contributed by atoms with Crippen LogP contribution in [0.1, 0.15) is 5.56 Å². The molecule has 0 atom stereocenters. The molecule has 0 aliphatic rings. The number of benzene rings is 1. The number of nitrogens with two attached hydrogens (primary N) is 1. The van der Waals surface area contributed by atoms with Gasteiger partial charge in [0.15, 0.2) is 11.6 Å². The van der Waals surface area contributed by atoms with Crippen molar-refractivity contribution < 1.29 is 13.6 Å². The van der Waals surface area contributed by atoms with Gasteiger partial charge in [-0.25, -0.2) is 14.7 Å². The monoisotopic (exact) mass is 202 g/mol. The van der Waals surface area contributed by atoms with E-state index in [1.54, 1.807) is 14.1 Å². The van der Waals surface area contributed by atoms with Gasteiger partial charge in [0, 0.05) is 14.1 Å². The quantitative estimate of drug-likeness (QED) is 0.753. The Morgan fingerprint density at radius 2 is 2.00 bits per heavy atom. The van der Waals surface area contributed by atoms with Gasteiger partial charge < -0.3 is 4.90 Å². The number of hydrogen-bond donors (Lipinski definition) is 1. The first-order valence-electron chi connectivity index (χ1n) is 4.03. The summed E-state index contributed by atoms with van der Waals surface area (Å²) < 4.78 is 26.2. The molecule has 0 aromatic heterocycles. The summed E-state index contributed by atoms with van der Waals surface area (Å²) in [6, 6.07) is 2.56. The lowest BCUT2D eigenvalue weighted by molar-refractivity contribution is 0.124. The van der Waals surface area contributed by atoms with Gasteiger partial charge in [-0.05, 0) is 17.7 Å². The molecule has 2 N–H and O–H groups in total. The summed E-state index contributed by atoms with van der Waals surface area (Å²) in [4.78, 5) is 5.83. The molecule has 0 saturated heterocycles. The molecule has 0 unspecified atom stereocenters. The summed E-state index contributed by atoms with van der Waals surface area (Å²) in [5.41, 5.74) is 0.673. The average molecular weight is 202 g/mol. The first-order valence-corrected chi connectivity index (χ1v) is 4.03. The van der Waals surface area contributed by atoms with Crippen LogP contribution in [0, 0.1) is 11.6 Å². The maximum absolute atomic E-state index is 13.2. The Morgan fingerprint density at radius 3 is 2.50 bits per heavy atom. The van der Waals surface area contributed by atoms with E-state index in [0.29, 0.717) is 5.56 Å². The van der Waals surface area contributed by atoms with Crippen molar-refractivity contribution in [2.45, 2.75) is 6.61 Å². The molecule has 78 valence electrons. The number of rotatable bonds is 3. The first kappa shape index (κ1) is 10.9. The fraction of sp³-hybridized carbons (Fsp3) is 0.333. The van der Waals surface area contributed by atoms with E-state index in [0.717, 1.165) is 6.07 Å². The molecule has 5 heteroatoms. The van der Waals surface area contributed by atoms with E-state index in [9.17, 15) is 8.78 Å². The minimum absolute atomic E-state index is 0.0536. The van der Waals surface area contributed by atoms with Gasteiger partial charge in [-0.15, -0.1) is 0 Å². The van der Waals surface area contributed by atoms with Crippen molar-refractivity contribution >= 4 is 5.69 Å². The van der Waals surface area contributed by atoms with E-state index in [2.05, 4.69) is 4.84 Å². The summed E-state index contributed by atoms with van der Waals surface area (Å²) in [6.07, 6.45) is 0. The highest BCUT2D eigenvalue weighted by atomic mass is 19.2. The van der Waals surface area contributed by atoms with Gasteiger partial charge in [0.1, 0.15) is 0 Å².